The maximum absolute atomic E-state index is 5.55. The van der Waals surface area contributed by atoms with Gasteiger partial charge in [-0.25, -0.2) is 34.9 Å². The van der Waals surface area contributed by atoms with Crippen molar-refractivity contribution in [2.75, 3.05) is 0 Å². The number of nitrogens with zero attached hydrogens (tertiary/aromatic N) is 7. The van der Waals surface area contributed by atoms with Crippen LogP contribution in [0.3, 0.4) is 0 Å². The number of aromatic nitrogens is 7. The molecule has 14 heteroatoms. The summed E-state index contributed by atoms with van der Waals surface area (Å²) >= 11 is 12.7. The summed E-state index contributed by atoms with van der Waals surface area (Å²) in [7, 11) is 0. The second-order valence-electron chi connectivity index (χ2n) is 19.4. The second-order valence-corrected chi connectivity index (χ2v) is 26.5. The molecular formula is C49H65N7S7. The summed E-state index contributed by atoms with van der Waals surface area (Å²) in [5.41, 5.74) is 4.46. The first-order chi connectivity index (χ1) is 29.7. The predicted octanol–water partition coefficient (Wildman–Crippen LogP) is 15.6. The van der Waals surface area contributed by atoms with E-state index in [4.69, 9.17) is 34.9 Å². The molecule has 0 aromatic carbocycles. The first-order valence-electron chi connectivity index (χ1n) is 22.3. The van der Waals surface area contributed by atoms with Crippen LogP contribution in [0.15, 0.2) is 33.9 Å². The van der Waals surface area contributed by atoms with Gasteiger partial charge in [0.05, 0.1) is 57.8 Å². The van der Waals surface area contributed by atoms with E-state index in [0.717, 1.165) is 68.5 Å². The van der Waals surface area contributed by atoms with Crippen LogP contribution in [0.25, 0.3) is 0 Å². The maximum atomic E-state index is 5.55. The molecule has 0 aliphatic heterocycles. The van der Waals surface area contributed by atoms with Gasteiger partial charge < -0.3 is 0 Å². The third kappa shape index (κ3) is 10.1. The molecule has 7 rings (SSSR count). The molecule has 0 saturated carbocycles. The van der Waals surface area contributed by atoms with Gasteiger partial charge in [-0.15, -0.1) is 79.4 Å². The minimum atomic E-state index is -0.466. The lowest BCUT2D eigenvalue weighted by Gasteiger charge is -2.48. The molecule has 0 radical (unpaired) electrons. The van der Waals surface area contributed by atoms with Crippen molar-refractivity contribution in [3.63, 3.8) is 0 Å². The van der Waals surface area contributed by atoms with E-state index in [9.17, 15) is 0 Å². The Hall–Kier alpha value is -2.59. The van der Waals surface area contributed by atoms with E-state index < -0.39 is 10.8 Å². The molecule has 7 nitrogen and oxygen atoms in total. The molecule has 1 unspecified atom stereocenters. The van der Waals surface area contributed by atoms with Gasteiger partial charge in [0.1, 0.15) is 0 Å². The van der Waals surface area contributed by atoms with E-state index in [1.54, 1.807) is 34.0 Å². The zero-order chi connectivity index (χ0) is 45.6. The monoisotopic (exact) mass is 975 g/mol. The van der Waals surface area contributed by atoms with Gasteiger partial charge in [0.2, 0.25) is 0 Å². The second kappa shape index (κ2) is 19.3. The fourth-order valence-corrected chi connectivity index (χ4v) is 16.5. The number of aryl methyl sites for hydroxylation is 6. The molecule has 0 aliphatic rings. The number of thiazole rings is 7. The zero-order valence-corrected chi connectivity index (χ0v) is 45.5. The Balaban J connectivity index is 1.38. The molecule has 0 amide bonds. The Morgan fingerprint density at radius 2 is 1.25 bits per heavy atom. The number of hydrogen-bond donors (Lipinski definition) is 0. The quantitative estimate of drug-likeness (QED) is 0.0797. The highest BCUT2D eigenvalue weighted by Gasteiger charge is 2.56. The van der Waals surface area contributed by atoms with Crippen LogP contribution >= 0.6 is 79.4 Å². The number of hydrogen-bond acceptors (Lipinski definition) is 14. The van der Waals surface area contributed by atoms with E-state index in [1.165, 1.54) is 35.3 Å². The molecular weight excluding hydrogens is 911 g/mol. The van der Waals surface area contributed by atoms with Crippen LogP contribution in [-0.4, -0.2) is 34.9 Å². The highest BCUT2D eigenvalue weighted by atomic mass is 32.1. The minimum Gasteiger partial charge on any atom is -0.249 e. The van der Waals surface area contributed by atoms with Crippen LogP contribution in [0.4, 0.5) is 0 Å². The molecule has 338 valence electrons. The average molecular weight is 977 g/mol. The van der Waals surface area contributed by atoms with Gasteiger partial charge in [-0.2, -0.15) is 0 Å². The minimum absolute atomic E-state index is 0.0745. The summed E-state index contributed by atoms with van der Waals surface area (Å²) in [5.74, 6) is 1.20. The maximum Gasteiger partial charge on any atom is 0.0995 e. The third-order valence-corrected chi connectivity index (χ3v) is 21.1. The van der Waals surface area contributed by atoms with Crippen molar-refractivity contribution in [1.82, 2.24) is 34.9 Å². The van der Waals surface area contributed by atoms with Gasteiger partial charge in [0.15, 0.2) is 0 Å². The van der Waals surface area contributed by atoms with E-state index in [1.807, 2.05) is 45.3 Å². The van der Waals surface area contributed by atoms with Crippen molar-refractivity contribution in [3.05, 3.63) is 112 Å². The molecule has 63 heavy (non-hydrogen) atoms. The summed E-state index contributed by atoms with van der Waals surface area (Å²) in [5, 5.41) is 17.2. The molecule has 0 aliphatic carbocycles. The van der Waals surface area contributed by atoms with Crippen LogP contribution in [0, 0.1) is 27.7 Å². The Morgan fingerprint density at radius 3 is 1.83 bits per heavy atom. The fraction of sp³-hybridized carbons (Fsp3) is 0.571. The first-order valence-corrected chi connectivity index (χ1v) is 28.3. The summed E-state index contributed by atoms with van der Waals surface area (Å²) in [6.45, 7) is 34.2. The molecule has 0 N–H and O–H groups in total. The molecule has 6 atom stereocenters. The Labute approximate surface area is 404 Å². The molecule has 0 bridgehead atoms. The van der Waals surface area contributed by atoms with Gasteiger partial charge in [-0.05, 0) is 59.3 Å². The van der Waals surface area contributed by atoms with Gasteiger partial charge in [-0.3, -0.25) is 0 Å². The largest absolute Gasteiger partial charge is 0.249 e. The van der Waals surface area contributed by atoms with Crippen molar-refractivity contribution in [3.8, 4) is 0 Å². The van der Waals surface area contributed by atoms with E-state index in [-0.39, 0.29) is 29.1 Å². The van der Waals surface area contributed by atoms with Crippen LogP contribution in [0.2, 0.25) is 0 Å². The van der Waals surface area contributed by atoms with Crippen molar-refractivity contribution in [2.24, 2.45) is 0 Å². The third-order valence-electron chi connectivity index (χ3n) is 13.1. The van der Waals surface area contributed by atoms with Gasteiger partial charge in [0.25, 0.3) is 0 Å². The highest BCUT2D eigenvalue weighted by Crippen LogP contribution is 2.61. The summed E-state index contributed by atoms with van der Waals surface area (Å²) in [6.07, 6.45) is 7.69. The molecule has 0 spiro atoms. The smallest absolute Gasteiger partial charge is 0.0995 e. The molecule has 7 aromatic rings. The predicted molar refractivity (Wildman–Crippen MR) is 274 cm³/mol. The Morgan fingerprint density at radius 1 is 0.587 bits per heavy atom. The SMILES string of the molecule is CCc1csc([C@@](C)(CC(C)(C)c2csc(C(C)C)n2)C(c2nc(C)c(C)s2)[C@@H](c2ncc(C)s2)[C@@](C)(CCc2cnc([C@@H](C)[C@@H](C)c3nc(C(C)C)cs3)s2)c2nc(C)cs2)n1. The van der Waals surface area contributed by atoms with Crippen LogP contribution in [-0.2, 0) is 29.1 Å². The van der Waals surface area contributed by atoms with Crippen LogP contribution in [0.5, 0.6) is 0 Å². The lowest BCUT2D eigenvalue weighted by atomic mass is 9.57. The average Bonchev–Trinajstić information content (AvgIpc) is 4.09. The molecule has 0 fully saturated rings. The van der Waals surface area contributed by atoms with Gasteiger partial charge >= 0.3 is 0 Å². The Bertz CT molecular complexity index is 2580. The van der Waals surface area contributed by atoms with E-state index >= 15 is 0 Å². The Kier molecular flexibility index (Phi) is 14.8. The normalized spacial score (nSPS) is 16.4. The van der Waals surface area contributed by atoms with Gasteiger partial charge in [-0.1, -0.05) is 76.2 Å². The summed E-state index contributed by atoms with van der Waals surface area (Å²) in [4.78, 5) is 41.1. The van der Waals surface area contributed by atoms with Crippen molar-refractivity contribution < 1.29 is 0 Å². The topological polar surface area (TPSA) is 90.2 Å². The van der Waals surface area contributed by atoms with E-state index in [0.29, 0.717) is 11.8 Å². The highest BCUT2D eigenvalue weighted by molar-refractivity contribution is 7.13. The first kappa shape index (κ1) is 48.3. The standard InChI is InChI=1S/C49H65N7S7/c1-16-34-22-60-46(54-34)49(15,25-47(12,13)37-24-58-40(56-37)27(4)5)39(44-53-32(10)33(11)62-44)38(43-50-19-29(7)61-43)48(14,45-52-28(6)21-59-45)18-17-35-20-51-41(63-35)30(8)31(9)42-55-36(23-57-42)26(2)3/h19-24,26-27,30-31,38-39H,16-18,25H2,1-15H3/t30-,31+,38-,39?,48+,49-/m0/s1. The molecule has 7 heterocycles. The zero-order valence-electron chi connectivity index (χ0n) is 39.7. The summed E-state index contributed by atoms with van der Waals surface area (Å²) < 4.78 is 0. The molecule has 0 saturated heterocycles. The number of rotatable bonds is 19. The lowest BCUT2D eigenvalue weighted by Crippen LogP contribution is -2.45. The van der Waals surface area contributed by atoms with Crippen LogP contribution in [0.1, 0.15) is 203 Å². The van der Waals surface area contributed by atoms with E-state index in [2.05, 4.69) is 138 Å². The van der Waals surface area contributed by atoms with Gasteiger partial charge in [0, 0.05) is 100 Å². The van der Waals surface area contributed by atoms with Crippen LogP contribution < -0.4 is 0 Å². The van der Waals surface area contributed by atoms with Crippen molar-refractivity contribution in [2.45, 2.75) is 181 Å². The summed E-state index contributed by atoms with van der Waals surface area (Å²) in [6, 6.07) is 0. The molecule has 7 aromatic heterocycles. The van der Waals surface area contributed by atoms with Crippen molar-refractivity contribution >= 4 is 79.4 Å². The van der Waals surface area contributed by atoms with Crippen molar-refractivity contribution in [1.29, 1.82) is 0 Å². The lowest BCUT2D eigenvalue weighted by molar-refractivity contribution is 0.195. The fourth-order valence-electron chi connectivity index (χ4n) is 8.88.